The van der Waals surface area contributed by atoms with Gasteiger partial charge in [-0.25, -0.2) is 18.1 Å². The van der Waals surface area contributed by atoms with Crippen LogP contribution >= 0.6 is 0 Å². The van der Waals surface area contributed by atoms with Gasteiger partial charge in [0.25, 0.3) is 0 Å². The molecule has 17 heavy (non-hydrogen) atoms. The third-order valence-corrected chi connectivity index (χ3v) is 4.06. The van der Waals surface area contributed by atoms with E-state index in [9.17, 15) is 8.42 Å². The zero-order chi connectivity index (χ0) is 12.5. The first kappa shape index (κ1) is 12.3. The third kappa shape index (κ3) is 3.17. The summed E-state index contributed by atoms with van der Waals surface area (Å²) in [6.45, 7) is 3.59. The maximum atomic E-state index is 12.1. The van der Waals surface area contributed by atoms with Crippen LogP contribution in [0.15, 0.2) is 23.2 Å². The monoisotopic (exact) mass is 255 g/mol. The molecule has 1 heterocycles. The van der Waals surface area contributed by atoms with Gasteiger partial charge in [-0.2, -0.15) is 0 Å². The fourth-order valence-corrected chi connectivity index (χ4v) is 2.88. The molecule has 1 aromatic heterocycles. The molecule has 94 valence electrons. The summed E-state index contributed by atoms with van der Waals surface area (Å²) in [5, 5.41) is 3.13. The van der Waals surface area contributed by atoms with Crippen LogP contribution in [0.25, 0.3) is 0 Å². The van der Waals surface area contributed by atoms with Gasteiger partial charge in [0.1, 0.15) is 10.7 Å². The fourth-order valence-electron chi connectivity index (χ4n) is 1.51. The van der Waals surface area contributed by atoms with Crippen LogP contribution in [-0.2, 0) is 10.0 Å². The Morgan fingerprint density at radius 2 is 2.12 bits per heavy atom. The summed E-state index contributed by atoms with van der Waals surface area (Å²) >= 11 is 0. The Hall–Kier alpha value is -1.14. The van der Waals surface area contributed by atoms with Gasteiger partial charge in [0.15, 0.2) is 0 Å². The van der Waals surface area contributed by atoms with E-state index in [0.717, 1.165) is 12.8 Å². The highest BCUT2D eigenvalue weighted by Crippen LogP contribution is 2.27. The predicted octanol–water partition coefficient (Wildman–Crippen LogP) is 1.34. The molecule has 0 unspecified atom stereocenters. The van der Waals surface area contributed by atoms with E-state index in [2.05, 4.69) is 15.0 Å². The van der Waals surface area contributed by atoms with Crippen LogP contribution in [0.1, 0.15) is 26.7 Å². The van der Waals surface area contributed by atoms with E-state index in [-0.39, 0.29) is 10.9 Å². The Bertz CT molecular complexity index is 495. The van der Waals surface area contributed by atoms with Crippen LogP contribution in [0.4, 0.5) is 5.82 Å². The molecule has 1 aromatic rings. The van der Waals surface area contributed by atoms with E-state index < -0.39 is 10.0 Å². The Morgan fingerprint density at radius 1 is 1.41 bits per heavy atom. The van der Waals surface area contributed by atoms with Gasteiger partial charge in [0, 0.05) is 18.3 Å². The fraction of sp³-hybridized carbons (Fsp3) is 0.545. The molecule has 0 aromatic carbocycles. The summed E-state index contributed by atoms with van der Waals surface area (Å²) in [6.07, 6.45) is 3.75. The van der Waals surface area contributed by atoms with Gasteiger partial charge in [0.2, 0.25) is 10.0 Å². The average molecular weight is 255 g/mol. The lowest BCUT2D eigenvalue weighted by atomic mass is 10.4. The van der Waals surface area contributed by atoms with E-state index in [1.165, 1.54) is 0 Å². The zero-order valence-corrected chi connectivity index (χ0v) is 10.8. The third-order valence-electron chi connectivity index (χ3n) is 2.37. The first-order valence-corrected chi connectivity index (χ1v) is 7.21. The second-order valence-corrected chi connectivity index (χ2v) is 6.23. The van der Waals surface area contributed by atoms with Crippen LogP contribution < -0.4 is 10.0 Å². The van der Waals surface area contributed by atoms with Crippen molar-refractivity contribution in [3.05, 3.63) is 18.3 Å². The molecule has 0 amide bonds. The smallest absolute Gasteiger partial charge is 0.244 e. The van der Waals surface area contributed by atoms with Gasteiger partial charge in [-0.3, -0.25) is 0 Å². The Balaban J connectivity index is 2.29. The summed E-state index contributed by atoms with van der Waals surface area (Å²) in [5.74, 6) is 0.447. The molecule has 0 saturated heterocycles. The molecule has 0 atom stereocenters. The molecule has 0 aliphatic heterocycles. The van der Waals surface area contributed by atoms with E-state index in [1.54, 1.807) is 32.2 Å². The van der Waals surface area contributed by atoms with E-state index >= 15 is 0 Å². The largest absolute Gasteiger partial charge is 0.366 e. The van der Waals surface area contributed by atoms with Gasteiger partial charge in [0.05, 0.1) is 0 Å². The zero-order valence-electron chi connectivity index (χ0n) is 9.97. The van der Waals surface area contributed by atoms with Crippen molar-refractivity contribution in [2.75, 3.05) is 5.32 Å². The second-order valence-electron chi connectivity index (χ2n) is 4.54. The van der Waals surface area contributed by atoms with Crippen molar-refractivity contribution in [1.82, 2.24) is 9.71 Å². The minimum atomic E-state index is -3.48. The number of pyridine rings is 1. The summed E-state index contributed by atoms with van der Waals surface area (Å²) in [6, 6.07) is 3.45. The van der Waals surface area contributed by atoms with E-state index in [4.69, 9.17) is 0 Å². The number of rotatable bonds is 5. The molecule has 1 fully saturated rings. The highest BCUT2D eigenvalue weighted by atomic mass is 32.2. The molecule has 1 aliphatic carbocycles. The Morgan fingerprint density at radius 3 is 2.71 bits per heavy atom. The molecule has 5 nitrogen and oxygen atoms in total. The van der Waals surface area contributed by atoms with Crippen molar-refractivity contribution in [3.63, 3.8) is 0 Å². The quantitative estimate of drug-likeness (QED) is 0.833. The molecule has 2 N–H and O–H groups in total. The van der Waals surface area contributed by atoms with E-state index in [0.29, 0.717) is 11.9 Å². The molecule has 0 spiro atoms. The average Bonchev–Trinajstić information content (AvgIpc) is 3.00. The van der Waals surface area contributed by atoms with Crippen molar-refractivity contribution < 1.29 is 8.42 Å². The van der Waals surface area contributed by atoms with Gasteiger partial charge < -0.3 is 5.32 Å². The highest BCUT2D eigenvalue weighted by molar-refractivity contribution is 7.89. The van der Waals surface area contributed by atoms with Crippen LogP contribution in [0.3, 0.4) is 0 Å². The minimum Gasteiger partial charge on any atom is -0.366 e. The van der Waals surface area contributed by atoms with Gasteiger partial charge in [-0.05, 0) is 38.8 Å². The number of sulfonamides is 1. The first-order chi connectivity index (χ1) is 7.99. The van der Waals surface area contributed by atoms with Crippen molar-refractivity contribution in [1.29, 1.82) is 0 Å². The Kier molecular flexibility index (Phi) is 3.35. The van der Waals surface area contributed by atoms with Crippen LogP contribution in [0.5, 0.6) is 0 Å². The molecule has 0 bridgehead atoms. The van der Waals surface area contributed by atoms with Crippen molar-refractivity contribution in [2.45, 2.75) is 43.7 Å². The lowest BCUT2D eigenvalue weighted by molar-refractivity contribution is 0.570. The molecule has 6 heteroatoms. The Labute approximate surface area is 102 Å². The number of anilines is 1. The standard InChI is InChI=1S/C11H17N3O2S/c1-8(2)14-17(15,16)10-4-3-7-12-11(10)13-9-5-6-9/h3-4,7-9,14H,5-6H2,1-2H3,(H,12,13). The van der Waals surface area contributed by atoms with Crippen molar-refractivity contribution in [2.24, 2.45) is 0 Å². The minimum absolute atomic E-state index is 0.131. The number of aromatic nitrogens is 1. The summed E-state index contributed by atoms with van der Waals surface area (Å²) < 4.78 is 26.7. The van der Waals surface area contributed by atoms with Crippen LogP contribution in [-0.4, -0.2) is 25.5 Å². The number of nitrogens with zero attached hydrogens (tertiary/aromatic N) is 1. The van der Waals surface area contributed by atoms with Crippen LogP contribution in [0.2, 0.25) is 0 Å². The molecule has 2 rings (SSSR count). The van der Waals surface area contributed by atoms with Crippen LogP contribution in [0, 0.1) is 0 Å². The summed E-state index contributed by atoms with van der Waals surface area (Å²) in [7, 11) is -3.48. The van der Waals surface area contributed by atoms with Crippen molar-refractivity contribution in [3.8, 4) is 0 Å². The topological polar surface area (TPSA) is 71.1 Å². The van der Waals surface area contributed by atoms with E-state index in [1.807, 2.05) is 0 Å². The molecule has 1 aliphatic rings. The number of hydrogen-bond donors (Lipinski definition) is 2. The maximum Gasteiger partial charge on any atom is 0.244 e. The molecule has 0 radical (unpaired) electrons. The molecular formula is C11H17N3O2S. The van der Waals surface area contributed by atoms with Gasteiger partial charge in [-0.1, -0.05) is 0 Å². The number of hydrogen-bond acceptors (Lipinski definition) is 4. The predicted molar refractivity (Wildman–Crippen MR) is 66.3 cm³/mol. The first-order valence-electron chi connectivity index (χ1n) is 5.73. The SMILES string of the molecule is CC(C)NS(=O)(=O)c1cccnc1NC1CC1. The lowest BCUT2D eigenvalue weighted by Gasteiger charge is -2.13. The van der Waals surface area contributed by atoms with Gasteiger partial charge in [-0.15, -0.1) is 0 Å². The number of nitrogens with one attached hydrogen (secondary N) is 2. The second kappa shape index (κ2) is 4.62. The molecular weight excluding hydrogens is 238 g/mol. The molecule has 1 saturated carbocycles. The highest BCUT2D eigenvalue weighted by Gasteiger charge is 2.26. The summed E-state index contributed by atoms with van der Waals surface area (Å²) in [4.78, 5) is 4.32. The lowest BCUT2D eigenvalue weighted by Crippen LogP contribution is -2.31. The summed E-state index contributed by atoms with van der Waals surface area (Å²) in [5.41, 5.74) is 0. The maximum absolute atomic E-state index is 12.1. The van der Waals surface area contributed by atoms with Gasteiger partial charge >= 0.3 is 0 Å². The van der Waals surface area contributed by atoms with Crippen molar-refractivity contribution >= 4 is 15.8 Å². The normalized spacial score (nSPS) is 16.2.